The second kappa shape index (κ2) is 5.63. The fraction of sp³-hybridized carbons (Fsp3) is 0.615. The van der Waals surface area contributed by atoms with Crippen molar-refractivity contribution in [3.05, 3.63) is 12.5 Å². The van der Waals surface area contributed by atoms with E-state index in [-0.39, 0.29) is 12.0 Å². The predicted molar refractivity (Wildman–Crippen MR) is 75.2 cm³/mol. The van der Waals surface area contributed by atoms with Gasteiger partial charge in [0.05, 0.1) is 25.0 Å². The lowest BCUT2D eigenvalue weighted by Gasteiger charge is -2.23. The Labute approximate surface area is 122 Å². The largest absolute Gasteiger partial charge is 0.481 e. The zero-order valence-electron chi connectivity index (χ0n) is 12.7. The quantitative estimate of drug-likeness (QED) is 0.889. The van der Waals surface area contributed by atoms with Gasteiger partial charge in [-0.1, -0.05) is 20.8 Å². The molecular weight excluding hydrogens is 272 g/mol. The van der Waals surface area contributed by atoms with Gasteiger partial charge in [-0.2, -0.15) is 0 Å². The number of carboxylic acids is 1. The lowest BCUT2D eigenvalue weighted by molar-refractivity contribution is -0.143. The first-order chi connectivity index (χ1) is 9.78. The monoisotopic (exact) mass is 292 g/mol. The second-order valence-electron chi connectivity index (χ2n) is 6.37. The van der Waals surface area contributed by atoms with Crippen LogP contribution in [0.3, 0.4) is 0 Å². The zero-order valence-corrected chi connectivity index (χ0v) is 12.7. The van der Waals surface area contributed by atoms with E-state index in [1.165, 1.54) is 4.68 Å². The maximum absolute atomic E-state index is 11.5. The Morgan fingerprint density at radius 3 is 2.67 bits per heavy atom. The number of nitrogens with zero attached hydrogens (tertiary/aromatic N) is 6. The van der Waals surface area contributed by atoms with E-state index in [1.807, 2.05) is 27.8 Å². The normalized spacial score (nSPS) is 13.3. The molecule has 0 aliphatic rings. The van der Waals surface area contributed by atoms with Crippen LogP contribution in [0.2, 0.25) is 0 Å². The van der Waals surface area contributed by atoms with Gasteiger partial charge < -0.3 is 9.67 Å². The molecule has 2 heterocycles. The molecule has 0 aromatic carbocycles. The van der Waals surface area contributed by atoms with Gasteiger partial charge in [-0.25, -0.2) is 9.67 Å². The van der Waals surface area contributed by atoms with Crippen molar-refractivity contribution in [3.8, 4) is 11.5 Å². The van der Waals surface area contributed by atoms with Gasteiger partial charge in [-0.3, -0.25) is 4.79 Å². The molecular formula is C13H20N6O2. The summed E-state index contributed by atoms with van der Waals surface area (Å²) in [6.07, 6.45) is 3.85. The third-order valence-corrected chi connectivity index (χ3v) is 3.18. The second-order valence-corrected chi connectivity index (χ2v) is 6.37. The molecule has 0 saturated heterocycles. The summed E-state index contributed by atoms with van der Waals surface area (Å²) in [6, 6.07) is 0. The number of carbonyl (C=O) groups is 1. The Kier molecular flexibility index (Phi) is 4.06. The average Bonchev–Trinajstić information content (AvgIpc) is 2.95. The van der Waals surface area contributed by atoms with Crippen LogP contribution in [0.25, 0.3) is 11.5 Å². The van der Waals surface area contributed by atoms with Crippen molar-refractivity contribution in [1.82, 2.24) is 29.8 Å². The molecule has 0 radical (unpaired) electrons. The number of carboxylic acid groups (broad SMARTS) is 1. The summed E-state index contributed by atoms with van der Waals surface area (Å²) in [5.41, 5.74) is 0.670. The molecule has 2 aromatic rings. The third-order valence-electron chi connectivity index (χ3n) is 3.18. The summed E-state index contributed by atoms with van der Waals surface area (Å²) in [4.78, 5) is 15.5. The van der Waals surface area contributed by atoms with Crippen LogP contribution in [-0.2, 0) is 18.4 Å². The van der Waals surface area contributed by atoms with Crippen molar-refractivity contribution >= 4 is 5.97 Å². The number of imidazole rings is 1. The molecule has 8 heteroatoms. The van der Waals surface area contributed by atoms with Crippen LogP contribution in [-0.4, -0.2) is 40.8 Å². The van der Waals surface area contributed by atoms with Crippen LogP contribution < -0.4 is 0 Å². The molecule has 0 aliphatic heterocycles. The fourth-order valence-electron chi connectivity index (χ4n) is 2.26. The minimum atomic E-state index is -0.837. The molecule has 21 heavy (non-hydrogen) atoms. The van der Waals surface area contributed by atoms with Gasteiger partial charge in [-0.15, -0.1) is 5.10 Å². The van der Waals surface area contributed by atoms with Crippen molar-refractivity contribution in [1.29, 1.82) is 0 Å². The average molecular weight is 292 g/mol. The molecule has 2 rings (SSSR count). The number of rotatable bonds is 5. The Hall–Kier alpha value is -2.25. The first kappa shape index (κ1) is 15.1. The molecule has 8 nitrogen and oxygen atoms in total. The van der Waals surface area contributed by atoms with Crippen LogP contribution in [0.15, 0.2) is 12.5 Å². The molecule has 1 N–H and O–H groups in total. The molecule has 0 bridgehead atoms. The summed E-state index contributed by atoms with van der Waals surface area (Å²) in [7, 11) is 1.84. The lowest BCUT2D eigenvalue weighted by Crippen LogP contribution is -2.26. The highest BCUT2D eigenvalue weighted by Crippen LogP contribution is 2.26. The van der Waals surface area contributed by atoms with Crippen LogP contribution in [0.4, 0.5) is 0 Å². The van der Waals surface area contributed by atoms with Crippen LogP contribution in [0.5, 0.6) is 0 Å². The summed E-state index contributed by atoms with van der Waals surface area (Å²) in [5, 5.41) is 21.0. The molecule has 0 spiro atoms. The molecule has 2 aromatic heterocycles. The standard InChI is InChI=1S/C13H20N6O2/c1-13(2,3)5-9(12(20)21)7-19-11(15-16-17-19)10-6-14-8-18(10)4/h6,8-9H,5,7H2,1-4H3,(H,20,21). The van der Waals surface area contributed by atoms with Crippen molar-refractivity contribution in [3.63, 3.8) is 0 Å². The van der Waals surface area contributed by atoms with E-state index in [9.17, 15) is 9.90 Å². The van der Waals surface area contributed by atoms with Crippen molar-refractivity contribution in [2.24, 2.45) is 18.4 Å². The number of hydrogen-bond acceptors (Lipinski definition) is 5. The van der Waals surface area contributed by atoms with E-state index in [0.717, 1.165) is 5.69 Å². The van der Waals surface area contributed by atoms with Crippen molar-refractivity contribution in [2.45, 2.75) is 33.7 Å². The molecule has 0 saturated carbocycles. The highest BCUT2D eigenvalue weighted by atomic mass is 16.4. The van der Waals surface area contributed by atoms with E-state index in [2.05, 4.69) is 20.5 Å². The summed E-state index contributed by atoms with van der Waals surface area (Å²) >= 11 is 0. The first-order valence-electron chi connectivity index (χ1n) is 6.73. The smallest absolute Gasteiger partial charge is 0.308 e. The number of tetrazole rings is 1. The maximum Gasteiger partial charge on any atom is 0.308 e. The van der Waals surface area contributed by atoms with Gasteiger partial charge >= 0.3 is 5.97 Å². The fourth-order valence-corrected chi connectivity index (χ4v) is 2.26. The number of hydrogen-bond donors (Lipinski definition) is 1. The maximum atomic E-state index is 11.5. The summed E-state index contributed by atoms with van der Waals surface area (Å²) in [5.74, 6) is -0.855. The molecule has 0 amide bonds. The molecule has 0 fully saturated rings. The molecule has 114 valence electrons. The number of aryl methyl sites for hydroxylation is 1. The summed E-state index contributed by atoms with van der Waals surface area (Å²) in [6.45, 7) is 6.29. The van der Waals surface area contributed by atoms with Gasteiger partial charge in [0.2, 0.25) is 0 Å². The van der Waals surface area contributed by atoms with Crippen LogP contribution in [0.1, 0.15) is 27.2 Å². The number of aliphatic carboxylic acids is 1. The van der Waals surface area contributed by atoms with Gasteiger partial charge in [0.1, 0.15) is 5.69 Å². The molecule has 1 unspecified atom stereocenters. The molecule has 0 aliphatic carbocycles. The predicted octanol–water partition coefficient (Wildman–Crippen LogP) is 1.21. The molecule has 1 atom stereocenters. The van der Waals surface area contributed by atoms with Crippen LogP contribution >= 0.6 is 0 Å². The van der Waals surface area contributed by atoms with E-state index >= 15 is 0 Å². The lowest BCUT2D eigenvalue weighted by atomic mass is 9.84. The van der Waals surface area contributed by atoms with Crippen molar-refractivity contribution in [2.75, 3.05) is 0 Å². The van der Waals surface area contributed by atoms with Crippen LogP contribution in [0, 0.1) is 11.3 Å². The van der Waals surface area contributed by atoms with Gasteiger partial charge in [-0.05, 0) is 22.3 Å². The Morgan fingerprint density at radius 1 is 1.43 bits per heavy atom. The zero-order chi connectivity index (χ0) is 15.6. The van der Waals surface area contributed by atoms with Gasteiger partial charge in [0.15, 0.2) is 5.82 Å². The Balaban J connectivity index is 2.25. The van der Waals surface area contributed by atoms with E-state index in [4.69, 9.17) is 0 Å². The SMILES string of the molecule is Cn1cncc1-c1nnnn1CC(CC(C)(C)C)C(=O)O. The van der Waals surface area contributed by atoms with E-state index < -0.39 is 11.9 Å². The minimum absolute atomic E-state index is 0.0796. The summed E-state index contributed by atoms with van der Waals surface area (Å²) < 4.78 is 3.32. The highest BCUT2D eigenvalue weighted by Gasteiger charge is 2.27. The van der Waals surface area contributed by atoms with E-state index in [1.54, 1.807) is 17.1 Å². The van der Waals surface area contributed by atoms with Gasteiger partial charge in [0, 0.05) is 7.05 Å². The van der Waals surface area contributed by atoms with Crippen molar-refractivity contribution < 1.29 is 9.90 Å². The Morgan fingerprint density at radius 2 is 2.14 bits per heavy atom. The highest BCUT2D eigenvalue weighted by molar-refractivity contribution is 5.70. The van der Waals surface area contributed by atoms with Gasteiger partial charge in [0.25, 0.3) is 0 Å². The topological polar surface area (TPSA) is 98.7 Å². The third kappa shape index (κ3) is 3.65. The number of aromatic nitrogens is 6. The minimum Gasteiger partial charge on any atom is -0.481 e. The van der Waals surface area contributed by atoms with E-state index in [0.29, 0.717) is 12.2 Å². The first-order valence-corrected chi connectivity index (χ1v) is 6.73. The Bertz CT molecular complexity index is 625.